The zero-order valence-electron chi connectivity index (χ0n) is 11.2. The topological polar surface area (TPSA) is 30.5 Å². The van der Waals surface area contributed by atoms with Gasteiger partial charge in [0.05, 0.1) is 12.2 Å². The molecule has 4 atom stereocenters. The molecule has 4 unspecified atom stereocenters. The van der Waals surface area contributed by atoms with Crippen molar-refractivity contribution in [3.05, 3.63) is 0 Å². The Morgan fingerprint density at radius 2 is 2.05 bits per heavy atom. The van der Waals surface area contributed by atoms with Gasteiger partial charge in [0.25, 0.3) is 0 Å². The average molecular weight is 281 g/mol. The molecule has 1 N–H and O–H groups in total. The highest BCUT2D eigenvalue weighted by atomic mass is 19.4. The fraction of sp³-hybridized carbons (Fsp3) is 1.00. The van der Waals surface area contributed by atoms with Gasteiger partial charge in [0.15, 0.2) is 0 Å². The molecule has 0 radical (unpaired) electrons. The van der Waals surface area contributed by atoms with Crippen molar-refractivity contribution in [3.8, 4) is 0 Å². The largest absolute Gasteiger partial charge is 0.411 e. The minimum atomic E-state index is -4.23. The van der Waals surface area contributed by atoms with Crippen LogP contribution in [0, 0.1) is 0 Å². The summed E-state index contributed by atoms with van der Waals surface area (Å²) >= 11 is 0. The molecule has 1 saturated heterocycles. The fourth-order valence-electron chi connectivity index (χ4n) is 2.91. The molecule has 0 amide bonds. The van der Waals surface area contributed by atoms with Crippen molar-refractivity contribution < 1.29 is 22.6 Å². The highest BCUT2D eigenvalue weighted by Gasteiger charge is 2.33. The van der Waals surface area contributed by atoms with E-state index in [0.717, 1.165) is 32.3 Å². The predicted molar refractivity (Wildman–Crippen MR) is 65.0 cm³/mol. The van der Waals surface area contributed by atoms with Gasteiger partial charge in [-0.05, 0) is 39.0 Å². The van der Waals surface area contributed by atoms with Crippen LogP contribution >= 0.6 is 0 Å². The van der Waals surface area contributed by atoms with Crippen molar-refractivity contribution in [2.75, 3.05) is 13.2 Å². The summed E-state index contributed by atoms with van der Waals surface area (Å²) in [6, 6.07) is 0.576. The first-order valence-corrected chi connectivity index (χ1v) is 7.00. The Morgan fingerprint density at radius 3 is 2.68 bits per heavy atom. The van der Waals surface area contributed by atoms with Crippen LogP contribution in [0.5, 0.6) is 0 Å². The Bertz CT molecular complexity index is 286. The normalized spacial score (nSPS) is 36.6. The van der Waals surface area contributed by atoms with Gasteiger partial charge in [0.1, 0.15) is 6.61 Å². The lowest BCUT2D eigenvalue weighted by atomic mass is 9.92. The van der Waals surface area contributed by atoms with Crippen molar-refractivity contribution in [2.24, 2.45) is 0 Å². The summed E-state index contributed by atoms with van der Waals surface area (Å²) in [5, 5.41) is 3.51. The molecule has 2 aliphatic rings. The summed E-state index contributed by atoms with van der Waals surface area (Å²) in [6.45, 7) is 1.66. The quantitative estimate of drug-likeness (QED) is 0.859. The summed E-state index contributed by atoms with van der Waals surface area (Å²) in [5.74, 6) is 0. The minimum Gasteiger partial charge on any atom is -0.377 e. The van der Waals surface area contributed by atoms with Crippen molar-refractivity contribution in [3.63, 3.8) is 0 Å². The van der Waals surface area contributed by atoms with E-state index in [0.29, 0.717) is 12.5 Å². The van der Waals surface area contributed by atoms with Crippen LogP contribution in [-0.2, 0) is 9.47 Å². The fourth-order valence-corrected chi connectivity index (χ4v) is 2.91. The molecular formula is C13H22F3NO2. The smallest absolute Gasteiger partial charge is 0.377 e. The Morgan fingerprint density at radius 1 is 1.26 bits per heavy atom. The van der Waals surface area contributed by atoms with Crippen LogP contribution in [0.4, 0.5) is 13.2 Å². The van der Waals surface area contributed by atoms with E-state index in [1.54, 1.807) is 0 Å². The van der Waals surface area contributed by atoms with E-state index < -0.39 is 12.8 Å². The van der Waals surface area contributed by atoms with Gasteiger partial charge in [-0.3, -0.25) is 0 Å². The van der Waals surface area contributed by atoms with E-state index in [2.05, 4.69) is 5.32 Å². The highest BCUT2D eigenvalue weighted by Crippen LogP contribution is 2.25. The average Bonchev–Trinajstić information content (AvgIpc) is 2.72. The third-order valence-electron chi connectivity index (χ3n) is 3.93. The molecule has 1 heterocycles. The maximum absolute atomic E-state index is 12.1. The number of rotatable bonds is 4. The third kappa shape index (κ3) is 4.93. The molecule has 0 aromatic rings. The molecule has 6 heteroatoms. The number of hydrogen-bond donors (Lipinski definition) is 1. The lowest BCUT2D eigenvalue weighted by molar-refractivity contribution is -0.188. The lowest BCUT2D eigenvalue weighted by Crippen LogP contribution is -2.45. The van der Waals surface area contributed by atoms with Gasteiger partial charge in [0.2, 0.25) is 0 Å². The second kappa shape index (κ2) is 6.41. The van der Waals surface area contributed by atoms with E-state index in [9.17, 15) is 13.2 Å². The molecule has 0 spiro atoms. The van der Waals surface area contributed by atoms with Crippen LogP contribution in [-0.4, -0.2) is 43.7 Å². The van der Waals surface area contributed by atoms with Crippen molar-refractivity contribution in [1.82, 2.24) is 5.32 Å². The molecule has 1 saturated carbocycles. The Kier molecular flexibility index (Phi) is 5.09. The van der Waals surface area contributed by atoms with E-state index >= 15 is 0 Å². The summed E-state index contributed by atoms with van der Waals surface area (Å²) in [6.07, 6.45) is -0.0106. The number of hydrogen-bond acceptors (Lipinski definition) is 3. The van der Waals surface area contributed by atoms with Crippen LogP contribution in [0.25, 0.3) is 0 Å². The highest BCUT2D eigenvalue weighted by molar-refractivity contribution is 4.86. The van der Waals surface area contributed by atoms with Gasteiger partial charge in [-0.15, -0.1) is 0 Å². The summed E-state index contributed by atoms with van der Waals surface area (Å²) in [7, 11) is 0. The monoisotopic (exact) mass is 281 g/mol. The summed E-state index contributed by atoms with van der Waals surface area (Å²) < 4.78 is 46.8. The molecular weight excluding hydrogens is 259 g/mol. The van der Waals surface area contributed by atoms with Crippen LogP contribution in [0.2, 0.25) is 0 Å². The van der Waals surface area contributed by atoms with Crippen LogP contribution in [0.1, 0.15) is 39.0 Å². The van der Waals surface area contributed by atoms with E-state index in [4.69, 9.17) is 9.47 Å². The Hall–Kier alpha value is -0.330. The third-order valence-corrected chi connectivity index (χ3v) is 3.93. The molecule has 3 nitrogen and oxygen atoms in total. The standard InChI is InChI=1S/C13H22F3NO2/c1-9-12(5-6-18-9)17-10-3-2-4-11(7-10)19-8-13(14,15)16/h9-12,17H,2-8H2,1H3. The van der Waals surface area contributed by atoms with Crippen LogP contribution in [0.3, 0.4) is 0 Å². The van der Waals surface area contributed by atoms with Crippen LogP contribution < -0.4 is 5.32 Å². The number of ether oxygens (including phenoxy) is 2. The maximum Gasteiger partial charge on any atom is 0.411 e. The van der Waals surface area contributed by atoms with Gasteiger partial charge in [0, 0.05) is 18.7 Å². The SMILES string of the molecule is CC1OCCC1NC1CCCC(OCC(F)(F)F)C1. The second-order valence-corrected chi connectivity index (χ2v) is 5.55. The van der Waals surface area contributed by atoms with Crippen molar-refractivity contribution >= 4 is 0 Å². The molecule has 0 bridgehead atoms. The lowest BCUT2D eigenvalue weighted by Gasteiger charge is -2.32. The van der Waals surface area contributed by atoms with E-state index in [1.165, 1.54) is 0 Å². The summed E-state index contributed by atoms with van der Waals surface area (Å²) in [4.78, 5) is 0. The van der Waals surface area contributed by atoms with Gasteiger partial charge < -0.3 is 14.8 Å². The van der Waals surface area contributed by atoms with E-state index in [-0.39, 0.29) is 18.2 Å². The molecule has 0 aromatic carbocycles. The summed E-state index contributed by atoms with van der Waals surface area (Å²) in [5.41, 5.74) is 0. The Labute approximate surface area is 111 Å². The number of alkyl halides is 3. The van der Waals surface area contributed by atoms with Gasteiger partial charge in [-0.2, -0.15) is 13.2 Å². The second-order valence-electron chi connectivity index (χ2n) is 5.55. The molecule has 2 rings (SSSR count). The molecule has 1 aliphatic heterocycles. The predicted octanol–water partition coefficient (Wildman–Crippen LogP) is 2.64. The minimum absolute atomic E-state index is 0.191. The van der Waals surface area contributed by atoms with Gasteiger partial charge in [-0.25, -0.2) is 0 Å². The molecule has 2 fully saturated rings. The Balaban J connectivity index is 1.74. The van der Waals surface area contributed by atoms with Crippen molar-refractivity contribution in [1.29, 1.82) is 0 Å². The molecule has 112 valence electrons. The van der Waals surface area contributed by atoms with Crippen LogP contribution in [0.15, 0.2) is 0 Å². The first-order valence-electron chi connectivity index (χ1n) is 7.00. The first kappa shape index (κ1) is 15.1. The van der Waals surface area contributed by atoms with E-state index in [1.807, 2.05) is 6.92 Å². The molecule has 1 aliphatic carbocycles. The number of nitrogens with one attached hydrogen (secondary N) is 1. The van der Waals surface area contributed by atoms with Gasteiger partial charge >= 0.3 is 6.18 Å². The van der Waals surface area contributed by atoms with Gasteiger partial charge in [-0.1, -0.05) is 0 Å². The number of halogens is 3. The zero-order valence-corrected chi connectivity index (χ0v) is 11.2. The maximum atomic E-state index is 12.1. The molecule has 19 heavy (non-hydrogen) atoms. The molecule has 0 aromatic heterocycles. The van der Waals surface area contributed by atoms with Crippen molar-refractivity contribution in [2.45, 2.75) is 69.5 Å². The zero-order chi connectivity index (χ0) is 13.9. The first-order chi connectivity index (χ1) is 8.94.